The molecular formula is C21H21N3O3S. The van der Waals surface area contributed by atoms with Gasteiger partial charge in [-0.15, -0.1) is 0 Å². The molecule has 1 atom stereocenters. The number of benzene rings is 1. The van der Waals surface area contributed by atoms with Gasteiger partial charge >= 0.3 is 0 Å². The van der Waals surface area contributed by atoms with Gasteiger partial charge in [-0.3, -0.25) is 9.59 Å². The van der Waals surface area contributed by atoms with Crippen LogP contribution >= 0.6 is 11.8 Å². The molecule has 2 aliphatic heterocycles. The lowest BCUT2D eigenvalue weighted by Gasteiger charge is -2.24. The second-order valence-corrected chi connectivity index (χ2v) is 8.49. The van der Waals surface area contributed by atoms with E-state index in [-0.39, 0.29) is 17.5 Å². The average Bonchev–Trinajstić information content (AvgIpc) is 3.34. The Morgan fingerprint density at radius 2 is 2.18 bits per heavy atom. The summed E-state index contributed by atoms with van der Waals surface area (Å²) in [5, 5.41) is 5.53. The number of likely N-dealkylation sites (tertiary alicyclic amines) is 1. The van der Waals surface area contributed by atoms with Gasteiger partial charge in [0, 0.05) is 30.2 Å². The van der Waals surface area contributed by atoms with Crippen LogP contribution in [0.2, 0.25) is 0 Å². The zero-order valence-electron chi connectivity index (χ0n) is 15.5. The van der Waals surface area contributed by atoms with Gasteiger partial charge < -0.3 is 9.32 Å². The van der Waals surface area contributed by atoms with E-state index in [4.69, 9.17) is 4.42 Å². The Balaban J connectivity index is 1.39. The number of thioether (sulfide) groups is 1. The molecule has 3 aromatic rings. The maximum Gasteiger partial charge on any atom is 0.289 e. The van der Waals surface area contributed by atoms with Crippen LogP contribution in [-0.4, -0.2) is 38.9 Å². The molecule has 28 heavy (non-hydrogen) atoms. The van der Waals surface area contributed by atoms with E-state index in [1.165, 1.54) is 0 Å². The van der Waals surface area contributed by atoms with Crippen LogP contribution < -0.4 is 5.56 Å². The van der Waals surface area contributed by atoms with E-state index >= 15 is 0 Å². The van der Waals surface area contributed by atoms with Crippen LogP contribution in [0.5, 0.6) is 0 Å². The number of hydrogen-bond donors (Lipinski definition) is 0. The summed E-state index contributed by atoms with van der Waals surface area (Å²) < 4.78 is 7.31. The number of carbonyl (C=O) groups excluding carboxylic acids is 1. The number of aryl methyl sites for hydroxylation is 1. The number of amides is 1. The van der Waals surface area contributed by atoms with Crippen molar-refractivity contribution in [3.05, 3.63) is 63.8 Å². The lowest BCUT2D eigenvalue weighted by atomic mass is 10.2. The fraction of sp³-hybridized carbons (Fsp3) is 0.381. The molecule has 6 nitrogen and oxygen atoms in total. The third-order valence-corrected chi connectivity index (χ3v) is 6.57. The van der Waals surface area contributed by atoms with Crippen molar-refractivity contribution in [1.29, 1.82) is 0 Å². The molecule has 144 valence electrons. The van der Waals surface area contributed by atoms with Crippen molar-refractivity contribution in [1.82, 2.24) is 14.7 Å². The van der Waals surface area contributed by atoms with E-state index in [0.29, 0.717) is 24.4 Å². The minimum Gasteiger partial charge on any atom is -0.451 e. The van der Waals surface area contributed by atoms with E-state index in [1.54, 1.807) is 16.8 Å². The highest BCUT2D eigenvalue weighted by Crippen LogP contribution is 2.26. The van der Waals surface area contributed by atoms with Crippen LogP contribution in [0.15, 0.2) is 45.6 Å². The molecule has 1 aromatic carbocycles. The van der Waals surface area contributed by atoms with Crippen molar-refractivity contribution < 1.29 is 9.21 Å². The van der Waals surface area contributed by atoms with Crippen LogP contribution in [-0.2, 0) is 18.7 Å². The Hall–Kier alpha value is -2.54. The van der Waals surface area contributed by atoms with Crippen LogP contribution in [0.4, 0.5) is 0 Å². The van der Waals surface area contributed by atoms with Gasteiger partial charge in [0.2, 0.25) is 0 Å². The molecule has 0 spiro atoms. The van der Waals surface area contributed by atoms with Gasteiger partial charge in [0.05, 0.1) is 18.3 Å². The van der Waals surface area contributed by atoms with Gasteiger partial charge in [-0.25, -0.2) is 4.68 Å². The zero-order valence-corrected chi connectivity index (χ0v) is 16.3. The molecule has 7 heteroatoms. The molecule has 0 aliphatic carbocycles. The third kappa shape index (κ3) is 3.13. The molecule has 1 saturated heterocycles. The summed E-state index contributed by atoms with van der Waals surface area (Å²) in [5.41, 5.74) is 2.71. The first-order valence-electron chi connectivity index (χ1n) is 9.66. The molecule has 1 unspecified atom stereocenters. The number of nitrogens with zero attached hydrogens (tertiary/aromatic N) is 3. The van der Waals surface area contributed by atoms with Crippen molar-refractivity contribution in [2.75, 3.05) is 12.3 Å². The van der Waals surface area contributed by atoms with Crippen molar-refractivity contribution in [3.8, 4) is 0 Å². The van der Waals surface area contributed by atoms with E-state index < -0.39 is 0 Å². The molecule has 5 rings (SSSR count). The van der Waals surface area contributed by atoms with Gasteiger partial charge in [-0.1, -0.05) is 18.2 Å². The van der Waals surface area contributed by atoms with Gasteiger partial charge in [0.15, 0.2) is 5.76 Å². The van der Waals surface area contributed by atoms with Crippen molar-refractivity contribution in [2.45, 2.75) is 37.6 Å². The number of rotatable bonds is 3. The van der Waals surface area contributed by atoms with Gasteiger partial charge in [-0.05, 0) is 36.3 Å². The van der Waals surface area contributed by atoms with Crippen molar-refractivity contribution >= 4 is 28.6 Å². The molecule has 0 bridgehead atoms. The molecule has 2 aromatic heterocycles. The Kier molecular flexibility index (Phi) is 4.47. The SMILES string of the molecule is O=C(c1cc2ccccc2o1)N1CCCC1Cn1nc2c(cc1=O)CSCC2. The number of furan rings is 1. The second-order valence-electron chi connectivity index (χ2n) is 7.38. The van der Waals surface area contributed by atoms with Crippen LogP contribution in [0.25, 0.3) is 11.0 Å². The van der Waals surface area contributed by atoms with E-state index in [0.717, 1.165) is 47.4 Å². The predicted octanol–water partition coefficient (Wildman–Crippen LogP) is 3.08. The molecule has 1 amide bonds. The van der Waals surface area contributed by atoms with Crippen LogP contribution in [0.1, 0.15) is 34.7 Å². The molecule has 2 aliphatic rings. The fourth-order valence-corrected chi connectivity index (χ4v) is 5.06. The molecule has 1 fully saturated rings. The Morgan fingerprint density at radius 3 is 3.07 bits per heavy atom. The first kappa shape index (κ1) is 17.6. The van der Waals surface area contributed by atoms with Crippen molar-refractivity contribution in [3.63, 3.8) is 0 Å². The van der Waals surface area contributed by atoms with E-state index in [2.05, 4.69) is 5.10 Å². The largest absolute Gasteiger partial charge is 0.451 e. The average molecular weight is 395 g/mol. The summed E-state index contributed by atoms with van der Waals surface area (Å²) in [5.74, 6) is 2.15. The lowest BCUT2D eigenvalue weighted by molar-refractivity contribution is 0.0690. The van der Waals surface area contributed by atoms with Crippen LogP contribution in [0.3, 0.4) is 0 Å². The summed E-state index contributed by atoms with van der Waals surface area (Å²) in [7, 11) is 0. The smallest absolute Gasteiger partial charge is 0.289 e. The van der Waals surface area contributed by atoms with Gasteiger partial charge in [0.25, 0.3) is 11.5 Å². The predicted molar refractivity (Wildman–Crippen MR) is 109 cm³/mol. The van der Waals surface area contributed by atoms with Crippen molar-refractivity contribution in [2.24, 2.45) is 0 Å². The first-order chi connectivity index (χ1) is 13.7. The van der Waals surface area contributed by atoms with Gasteiger partial charge in [0.1, 0.15) is 5.58 Å². The first-order valence-corrected chi connectivity index (χ1v) is 10.8. The molecular weight excluding hydrogens is 374 g/mol. The Bertz CT molecular complexity index is 1070. The Labute approximate surface area is 166 Å². The summed E-state index contributed by atoms with van der Waals surface area (Å²) >= 11 is 1.84. The highest BCUT2D eigenvalue weighted by atomic mass is 32.2. The summed E-state index contributed by atoms with van der Waals surface area (Å²) in [6, 6.07) is 11.1. The third-order valence-electron chi connectivity index (χ3n) is 5.56. The molecule has 0 N–H and O–H groups in total. The normalized spacial score (nSPS) is 19.1. The monoisotopic (exact) mass is 395 g/mol. The standard InChI is InChI=1S/C21H21N3O3S/c25-20-11-15-13-28-9-7-17(15)22-24(20)12-16-5-3-8-23(16)21(26)19-10-14-4-1-2-6-18(14)27-19/h1-2,4,6,10-11,16H,3,5,7-9,12-13H2. The summed E-state index contributed by atoms with van der Waals surface area (Å²) in [6.07, 6.45) is 2.69. The number of carbonyl (C=O) groups is 1. The molecule has 4 heterocycles. The molecule has 0 saturated carbocycles. The van der Waals surface area contributed by atoms with E-state index in [9.17, 15) is 9.59 Å². The summed E-state index contributed by atoms with van der Waals surface area (Å²) in [4.78, 5) is 27.4. The second kappa shape index (κ2) is 7.13. The molecule has 0 radical (unpaired) electrons. The topological polar surface area (TPSA) is 68.3 Å². The zero-order chi connectivity index (χ0) is 19.1. The number of aromatic nitrogens is 2. The number of fused-ring (bicyclic) bond motifs is 2. The summed E-state index contributed by atoms with van der Waals surface area (Å²) in [6.45, 7) is 1.11. The minimum absolute atomic E-state index is 0.0399. The lowest BCUT2D eigenvalue weighted by Crippen LogP contribution is -2.41. The fourth-order valence-electron chi connectivity index (χ4n) is 4.10. The van der Waals surface area contributed by atoms with Crippen LogP contribution in [0, 0.1) is 0 Å². The maximum atomic E-state index is 13.1. The maximum absolute atomic E-state index is 13.1. The quantitative estimate of drug-likeness (QED) is 0.682. The number of hydrogen-bond acceptors (Lipinski definition) is 5. The van der Waals surface area contributed by atoms with Gasteiger partial charge in [-0.2, -0.15) is 16.9 Å². The van der Waals surface area contributed by atoms with E-state index in [1.807, 2.05) is 40.9 Å². The Morgan fingerprint density at radius 1 is 1.29 bits per heavy atom. The highest BCUT2D eigenvalue weighted by Gasteiger charge is 2.32. The highest BCUT2D eigenvalue weighted by molar-refractivity contribution is 7.98. The minimum atomic E-state index is -0.110. The number of para-hydroxylation sites is 1.